The Hall–Kier alpha value is -1.93. The average Bonchev–Trinajstić information content (AvgIpc) is 3.22. The molecular weight excluding hydrogens is 356 g/mol. The van der Waals surface area contributed by atoms with Gasteiger partial charge < -0.3 is 10.1 Å². The van der Waals surface area contributed by atoms with Crippen LogP contribution in [0.2, 0.25) is 0 Å². The third-order valence-corrected chi connectivity index (χ3v) is 6.30. The molecule has 2 aliphatic carbocycles. The molecule has 142 valence electrons. The quantitative estimate of drug-likeness (QED) is 0.684. The van der Waals surface area contributed by atoms with Crippen LogP contribution in [-0.4, -0.2) is 33.4 Å². The number of benzene rings is 1. The Morgan fingerprint density at radius 3 is 2.46 bits per heavy atom. The molecule has 3 N–H and O–H groups in total. The van der Waals surface area contributed by atoms with Crippen molar-refractivity contribution in [1.29, 1.82) is 0 Å². The van der Waals surface area contributed by atoms with Crippen molar-refractivity contribution in [2.24, 2.45) is 22.9 Å². The molecule has 0 radical (unpaired) electrons. The van der Waals surface area contributed by atoms with E-state index < -0.39 is 10.0 Å². The second kappa shape index (κ2) is 7.75. The van der Waals surface area contributed by atoms with Gasteiger partial charge in [0, 0.05) is 6.54 Å². The minimum atomic E-state index is -3.70. The third kappa shape index (κ3) is 4.62. The molecule has 1 aromatic carbocycles. The second-order valence-corrected chi connectivity index (χ2v) is 8.74. The molecule has 2 saturated carbocycles. The van der Waals surface area contributed by atoms with E-state index in [2.05, 4.69) is 5.32 Å². The van der Waals surface area contributed by atoms with Gasteiger partial charge >= 0.3 is 5.97 Å². The van der Waals surface area contributed by atoms with Gasteiger partial charge in [0.15, 0.2) is 6.61 Å². The fourth-order valence-corrected chi connectivity index (χ4v) is 4.54. The molecule has 3 atom stereocenters. The predicted molar refractivity (Wildman–Crippen MR) is 94.4 cm³/mol. The first-order valence-electron chi connectivity index (χ1n) is 8.88. The molecule has 7 nitrogen and oxygen atoms in total. The smallest absolute Gasteiger partial charge is 0.309 e. The predicted octanol–water partition coefficient (Wildman–Crippen LogP) is 0.972. The Bertz CT molecular complexity index is 775. The van der Waals surface area contributed by atoms with Gasteiger partial charge in [-0.1, -0.05) is 18.6 Å². The van der Waals surface area contributed by atoms with E-state index in [4.69, 9.17) is 9.88 Å². The van der Waals surface area contributed by atoms with Gasteiger partial charge in [-0.25, -0.2) is 13.6 Å². The highest BCUT2D eigenvalue weighted by atomic mass is 32.2. The molecule has 1 amide bonds. The first-order valence-corrected chi connectivity index (χ1v) is 10.4. The largest absolute Gasteiger partial charge is 0.455 e. The topological polar surface area (TPSA) is 116 Å². The van der Waals surface area contributed by atoms with E-state index in [1.54, 1.807) is 12.1 Å². The van der Waals surface area contributed by atoms with E-state index >= 15 is 0 Å². The van der Waals surface area contributed by atoms with E-state index in [9.17, 15) is 18.0 Å². The zero-order chi connectivity index (χ0) is 18.7. The molecule has 3 rings (SSSR count). The molecule has 1 aromatic rings. The Labute approximate surface area is 153 Å². The van der Waals surface area contributed by atoms with Gasteiger partial charge in [0.05, 0.1) is 10.8 Å². The lowest BCUT2D eigenvalue weighted by Crippen LogP contribution is -2.32. The van der Waals surface area contributed by atoms with Crippen LogP contribution in [-0.2, 0) is 30.8 Å². The summed E-state index contributed by atoms with van der Waals surface area (Å²) in [6.07, 6.45) is 4.88. The van der Waals surface area contributed by atoms with Gasteiger partial charge in [-0.15, -0.1) is 0 Å². The van der Waals surface area contributed by atoms with Crippen molar-refractivity contribution >= 4 is 21.9 Å². The highest BCUT2D eigenvalue weighted by Crippen LogP contribution is 2.48. The fraction of sp³-hybridized carbons (Fsp3) is 0.556. The normalized spacial score (nSPS) is 24.4. The first-order chi connectivity index (χ1) is 12.3. The molecule has 8 heteroatoms. The molecule has 0 heterocycles. The lowest BCUT2D eigenvalue weighted by Gasteiger charge is -2.19. The number of hydrogen-bond acceptors (Lipinski definition) is 5. The maximum absolute atomic E-state index is 12.1. The minimum absolute atomic E-state index is 0.0288. The maximum Gasteiger partial charge on any atom is 0.309 e. The summed E-state index contributed by atoms with van der Waals surface area (Å²) in [5, 5.41) is 7.74. The van der Waals surface area contributed by atoms with Crippen molar-refractivity contribution in [3.05, 3.63) is 29.8 Å². The van der Waals surface area contributed by atoms with Crippen LogP contribution in [0.1, 0.15) is 31.2 Å². The number of esters is 1. The van der Waals surface area contributed by atoms with Crippen LogP contribution in [0.3, 0.4) is 0 Å². The highest BCUT2D eigenvalue weighted by Gasteiger charge is 2.43. The summed E-state index contributed by atoms with van der Waals surface area (Å²) in [7, 11) is -3.70. The molecule has 0 aliphatic heterocycles. The molecule has 26 heavy (non-hydrogen) atoms. The maximum atomic E-state index is 12.1. The van der Waals surface area contributed by atoms with Gasteiger partial charge in [0.1, 0.15) is 0 Å². The number of fused-ring (bicyclic) bond motifs is 2. The Morgan fingerprint density at radius 1 is 1.15 bits per heavy atom. The minimum Gasteiger partial charge on any atom is -0.455 e. The van der Waals surface area contributed by atoms with Crippen molar-refractivity contribution < 1.29 is 22.7 Å². The van der Waals surface area contributed by atoms with Crippen LogP contribution in [0.25, 0.3) is 0 Å². The van der Waals surface area contributed by atoms with Crippen LogP contribution >= 0.6 is 0 Å². The van der Waals surface area contributed by atoms with Crippen LogP contribution in [0.15, 0.2) is 29.2 Å². The molecule has 2 bridgehead atoms. The van der Waals surface area contributed by atoms with Gasteiger partial charge in [-0.2, -0.15) is 0 Å². The van der Waals surface area contributed by atoms with Crippen LogP contribution < -0.4 is 10.5 Å². The molecule has 2 aliphatic rings. The number of hydrogen-bond donors (Lipinski definition) is 2. The summed E-state index contributed by atoms with van der Waals surface area (Å²) in [4.78, 5) is 24.0. The molecule has 0 aromatic heterocycles. The summed E-state index contributed by atoms with van der Waals surface area (Å²) in [5.74, 6) is 0.496. The van der Waals surface area contributed by atoms with E-state index in [1.807, 2.05) is 0 Å². The zero-order valence-corrected chi connectivity index (χ0v) is 15.3. The van der Waals surface area contributed by atoms with Gasteiger partial charge in [-0.05, 0) is 55.2 Å². The summed E-state index contributed by atoms with van der Waals surface area (Å²) < 4.78 is 27.5. The SMILES string of the molecule is NS(=O)(=O)c1ccc(CCNC(=O)COC(=O)[C@@H]2C[C@H]3CC[C@H]2C3)cc1. The van der Waals surface area contributed by atoms with Gasteiger partial charge in [0.25, 0.3) is 5.91 Å². The van der Waals surface area contributed by atoms with E-state index in [1.165, 1.54) is 18.6 Å². The monoisotopic (exact) mass is 380 g/mol. The number of sulfonamides is 1. The van der Waals surface area contributed by atoms with Gasteiger partial charge in [0.2, 0.25) is 10.0 Å². The average molecular weight is 380 g/mol. The number of primary sulfonamides is 1. The van der Waals surface area contributed by atoms with Crippen molar-refractivity contribution in [3.8, 4) is 0 Å². The third-order valence-electron chi connectivity index (χ3n) is 5.37. The lowest BCUT2D eigenvalue weighted by atomic mass is 9.89. The second-order valence-electron chi connectivity index (χ2n) is 7.18. The Kier molecular flexibility index (Phi) is 5.62. The summed E-state index contributed by atoms with van der Waals surface area (Å²) in [6, 6.07) is 6.18. The lowest BCUT2D eigenvalue weighted by molar-refractivity contribution is -0.154. The first kappa shape index (κ1) is 18.8. The van der Waals surface area contributed by atoms with Crippen molar-refractivity contribution in [1.82, 2.24) is 5.32 Å². The number of nitrogens with one attached hydrogen (secondary N) is 1. The van der Waals surface area contributed by atoms with Crippen molar-refractivity contribution in [3.63, 3.8) is 0 Å². The van der Waals surface area contributed by atoms with Crippen molar-refractivity contribution in [2.75, 3.05) is 13.2 Å². The van der Waals surface area contributed by atoms with Crippen LogP contribution in [0, 0.1) is 17.8 Å². The van der Waals surface area contributed by atoms with E-state index in [-0.39, 0.29) is 29.3 Å². The van der Waals surface area contributed by atoms with Gasteiger partial charge in [-0.3, -0.25) is 9.59 Å². The van der Waals surface area contributed by atoms with Crippen molar-refractivity contribution in [2.45, 2.75) is 37.0 Å². The highest BCUT2D eigenvalue weighted by molar-refractivity contribution is 7.89. The molecule has 0 unspecified atom stereocenters. The summed E-state index contributed by atoms with van der Waals surface area (Å²) >= 11 is 0. The van der Waals surface area contributed by atoms with E-state index in [0.717, 1.165) is 24.8 Å². The van der Waals surface area contributed by atoms with E-state index in [0.29, 0.717) is 24.8 Å². The number of nitrogens with two attached hydrogens (primary N) is 1. The number of rotatable bonds is 7. The van der Waals surface area contributed by atoms with Crippen LogP contribution in [0.4, 0.5) is 0 Å². The molecule has 0 spiro atoms. The Morgan fingerprint density at radius 2 is 1.88 bits per heavy atom. The fourth-order valence-electron chi connectivity index (χ4n) is 4.02. The summed E-state index contributed by atoms with van der Waals surface area (Å²) in [5.41, 5.74) is 0.872. The number of amides is 1. The summed E-state index contributed by atoms with van der Waals surface area (Å²) in [6.45, 7) is 0.121. The number of carbonyl (C=O) groups is 2. The Balaban J connectivity index is 1.36. The molecular formula is C18H24N2O5S. The van der Waals surface area contributed by atoms with Crippen LogP contribution in [0.5, 0.6) is 0 Å². The molecule has 0 saturated heterocycles. The molecule has 2 fully saturated rings. The number of ether oxygens (including phenoxy) is 1. The number of carbonyl (C=O) groups excluding carboxylic acids is 2. The zero-order valence-electron chi connectivity index (χ0n) is 14.5. The standard InChI is InChI=1S/C18H24N2O5S/c19-26(23,24)15-5-2-12(3-6-15)7-8-20-17(21)11-25-18(22)16-10-13-1-4-14(16)9-13/h2-3,5-6,13-14,16H,1,4,7-11H2,(H,20,21)(H2,19,23,24)/t13-,14-,16+/m0/s1.